The average molecular weight is 400 g/mol. The van der Waals surface area contributed by atoms with E-state index in [4.69, 9.17) is 4.74 Å². The van der Waals surface area contributed by atoms with Gasteiger partial charge in [-0.05, 0) is 49.4 Å². The van der Waals surface area contributed by atoms with Crippen molar-refractivity contribution in [1.82, 2.24) is 0 Å². The Bertz CT molecular complexity index is 1050. The van der Waals surface area contributed by atoms with E-state index in [2.05, 4.69) is 10.6 Å². The van der Waals surface area contributed by atoms with Crippen molar-refractivity contribution in [3.05, 3.63) is 59.2 Å². The molecule has 2 N–H and O–H groups in total. The number of amides is 2. The lowest BCUT2D eigenvalue weighted by Crippen LogP contribution is -2.29. The molecule has 0 spiro atoms. The zero-order chi connectivity index (χ0) is 20.3. The summed E-state index contributed by atoms with van der Waals surface area (Å²) in [6, 6.07) is 12.5. The van der Waals surface area contributed by atoms with Crippen LogP contribution in [0.3, 0.4) is 0 Å². The number of benzene rings is 2. The van der Waals surface area contributed by atoms with Gasteiger partial charge in [-0.25, -0.2) is 9.18 Å². The minimum atomic E-state index is -1.04. The maximum atomic E-state index is 13.8. The van der Waals surface area contributed by atoms with Gasteiger partial charge in [0.05, 0.1) is 0 Å². The molecule has 144 valence electrons. The molecule has 8 heteroatoms. The van der Waals surface area contributed by atoms with Gasteiger partial charge in [-0.1, -0.05) is 6.07 Å². The zero-order valence-corrected chi connectivity index (χ0v) is 15.9. The van der Waals surface area contributed by atoms with Gasteiger partial charge in [0.2, 0.25) is 5.91 Å². The topological polar surface area (TPSA) is 84.5 Å². The van der Waals surface area contributed by atoms with Crippen molar-refractivity contribution in [2.45, 2.75) is 20.0 Å². The molecular weight excluding hydrogens is 383 g/mol. The molecule has 0 saturated heterocycles. The average Bonchev–Trinajstić information content (AvgIpc) is 3.09. The fraction of sp³-hybridized carbons (Fsp3) is 0.150. The van der Waals surface area contributed by atoms with E-state index in [9.17, 15) is 18.8 Å². The fourth-order valence-electron chi connectivity index (χ4n) is 2.48. The van der Waals surface area contributed by atoms with Gasteiger partial charge in [-0.3, -0.25) is 9.59 Å². The number of esters is 1. The number of rotatable bonds is 5. The second-order valence-electron chi connectivity index (χ2n) is 6.06. The predicted molar refractivity (Wildman–Crippen MR) is 106 cm³/mol. The number of halogens is 1. The van der Waals surface area contributed by atoms with Crippen molar-refractivity contribution in [3.8, 4) is 0 Å². The van der Waals surface area contributed by atoms with E-state index in [1.165, 1.54) is 26.0 Å². The molecule has 0 radical (unpaired) electrons. The third-order valence-corrected chi connectivity index (χ3v) is 4.92. The molecule has 0 saturated carbocycles. The molecule has 2 amide bonds. The molecule has 0 fully saturated rings. The van der Waals surface area contributed by atoms with Crippen molar-refractivity contribution in [2.75, 3.05) is 10.6 Å². The number of thiophene rings is 1. The minimum Gasteiger partial charge on any atom is -0.448 e. The third-order valence-electron chi connectivity index (χ3n) is 3.84. The van der Waals surface area contributed by atoms with Gasteiger partial charge in [0.25, 0.3) is 5.91 Å². The first-order valence-corrected chi connectivity index (χ1v) is 9.22. The lowest BCUT2D eigenvalue weighted by molar-refractivity contribution is -0.123. The molecule has 3 aromatic rings. The van der Waals surface area contributed by atoms with Crippen LogP contribution in [0.25, 0.3) is 10.1 Å². The molecule has 1 aromatic heterocycles. The Labute approximate surface area is 164 Å². The van der Waals surface area contributed by atoms with Crippen LogP contribution in [0.15, 0.2) is 48.5 Å². The van der Waals surface area contributed by atoms with Gasteiger partial charge < -0.3 is 15.4 Å². The quantitative estimate of drug-likeness (QED) is 0.629. The van der Waals surface area contributed by atoms with E-state index in [-0.39, 0.29) is 10.8 Å². The number of hydrogen-bond acceptors (Lipinski definition) is 5. The van der Waals surface area contributed by atoms with Gasteiger partial charge in [0.1, 0.15) is 10.7 Å². The van der Waals surface area contributed by atoms with E-state index in [1.54, 1.807) is 36.4 Å². The summed E-state index contributed by atoms with van der Waals surface area (Å²) in [5.74, 6) is -1.81. The summed E-state index contributed by atoms with van der Waals surface area (Å²) in [4.78, 5) is 35.8. The second kappa shape index (κ2) is 8.18. The van der Waals surface area contributed by atoms with Gasteiger partial charge in [0, 0.05) is 28.4 Å². The van der Waals surface area contributed by atoms with Crippen molar-refractivity contribution in [2.24, 2.45) is 0 Å². The largest absolute Gasteiger partial charge is 0.448 e. The van der Waals surface area contributed by atoms with Crippen LogP contribution in [0, 0.1) is 5.82 Å². The molecule has 1 atom stereocenters. The minimum absolute atomic E-state index is 0.196. The number of ether oxygens (including phenoxy) is 1. The smallest absolute Gasteiger partial charge is 0.349 e. The number of fused-ring (bicyclic) bond motifs is 1. The van der Waals surface area contributed by atoms with E-state index >= 15 is 0 Å². The molecule has 3 rings (SSSR count). The maximum Gasteiger partial charge on any atom is 0.349 e. The van der Waals surface area contributed by atoms with E-state index in [1.807, 2.05) is 0 Å². The van der Waals surface area contributed by atoms with Crippen molar-refractivity contribution < 1.29 is 23.5 Å². The van der Waals surface area contributed by atoms with Gasteiger partial charge in [-0.2, -0.15) is 0 Å². The molecule has 0 unspecified atom stereocenters. The number of carbonyl (C=O) groups excluding carboxylic acids is 3. The SMILES string of the molecule is CC(=O)Nc1ccc(NC(=O)[C@H](C)OC(=O)c2cc3c(F)cccc3s2)cc1. The van der Waals surface area contributed by atoms with Crippen LogP contribution < -0.4 is 10.6 Å². The lowest BCUT2D eigenvalue weighted by atomic mass is 10.2. The van der Waals surface area contributed by atoms with E-state index < -0.39 is 23.8 Å². The van der Waals surface area contributed by atoms with Crippen LogP contribution in [-0.4, -0.2) is 23.9 Å². The summed E-state index contributed by atoms with van der Waals surface area (Å²) < 4.78 is 19.6. The molecule has 2 aromatic carbocycles. The van der Waals surface area contributed by atoms with Gasteiger partial charge >= 0.3 is 5.97 Å². The predicted octanol–water partition coefficient (Wildman–Crippen LogP) is 4.18. The third kappa shape index (κ3) is 4.52. The molecule has 0 bridgehead atoms. The number of nitrogens with one attached hydrogen (secondary N) is 2. The standard InChI is InChI=1S/C20H17FN2O4S/c1-11(19(25)23-14-8-6-13(7-9-14)22-12(2)24)27-20(26)18-10-15-16(21)4-3-5-17(15)28-18/h3-11H,1-2H3,(H,22,24)(H,23,25)/t11-/m0/s1. The lowest BCUT2D eigenvalue weighted by Gasteiger charge is -2.13. The Morgan fingerprint density at radius 2 is 1.68 bits per heavy atom. The van der Waals surface area contributed by atoms with Crippen LogP contribution in [0.2, 0.25) is 0 Å². The van der Waals surface area contributed by atoms with Crippen LogP contribution >= 0.6 is 11.3 Å². The van der Waals surface area contributed by atoms with Crippen LogP contribution in [0.4, 0.5) is 15.8 Å². The van der Waals surface area contributed by atoms with Gasteiger partial charge in [0.15, 0.2) is 6.10 Å². The van der Waals surface area contributed by atoms with E-state index in [0.29, 0.717) is 21.5 Å². The molecule has 0 aliphatic heterocycles. The van der Waals surface area contributed by atoms with Crippen molar-refractivity contribution in [1.29, 1.82) is 0 Å². The second-order valence-corrected chi connectivity index (χ2v) is 7.14. The van der Waals surface area contributed by atoms with Gasteiger partial charge in [-0.15, -0.1) is 11.3 Å². The Morgan fingerprint density at radius 1 is 1.04 bits per heavy atom. The highest BCUT2D eigenvalue weighted by molar-refractivity contribution is 7.20. The Morgan fingerprint density at radius 3 is 2.29 bits per heavy atom. The highest BCUT2D eigenvalue weighted by Gasteiger charge is 2.21. The molecule has 0 aliphatic carbocycles. The summed E-state index contributed by atoms with van der Waals surface area (Å²) in [6.07, 6.45) is -1.04. The van der Waals surface area contributed by atoms with E-state index in [0.717, 1.165) is 11.3 Å². The maximum absolute atomic E-state index is 13.8. The first-order valence-electron chi connectivity index (χ1n) is 8.41. The first kappa shape index (κ1) is 19.5. The Balaban J connectivity index is 1.62. The first-order chi connectivity index (χ1) is 13.3. The Kier molecular flexibility index (Phi) is 5.70. The molecule has 1 heterocycles. The number of hydrogen-bond donors (Lipinski definition) is 2. The molecule has 28 heavy (non-hydrogen) atoms. The summed E-state index contributed by atoms with van der Waals surface area (Å²) in [5, 5.41) is 5.59. The highest BCUT2D eigenvalue weighted by atomic mass is 32.1. The normalized spacial score (nSPS) is 11.7. The monoisotopic (exact) mass is 400 g/mol. The van der Waals surface area contributed by atoms with Crippen molar-refractivity contribution >= 4 is 50.6 Å². The Hall–Kier alpha value is -3.26. The fourth-order valence-corrected chi connectivity index (χ4v) is 3.44. The zero-order valence-electron chi connectivity index (χ0n) is 15.1. The summed E-state index contributed by atoms with van der Waals surface area (Å²) >= 11 is 1.10. The number of anilines is 2. The number of carbonyl (C=O) groups is 3. The van der Waals surface area contributed by atoms with Crippen LogP contribution in [0.5, 0.6) is 0 Å². The summed E-state index contributed by atoms with van der Waals surface area (Å²) in [5.41, 5.74) is 1.09. The molecule has 6 nitrogen and oxygen atoms in total. The van der Waals surface area contributed by atoms with Crippen molar-refractivity contribution in [3.63, 3.8) is 0 Å². The van der Waals surface area contributed by atoms with Crippen LogP contribution in [0.1, 0.15) is 23.5 Å². The molecule has 0 aliphatic rings. The molecular formula is C20H17FN2O4S. The highest BCUT2D eigenvalue weighted by Crippen LogP contribution is 2.28. The summed E-state index contributed by atoms with van der Waals surface area (Å²) in [6.45, 7) is 2.85. The summed E-state index contributed by atoms with van der Waals surface area (Å²) in [7, 11) is 0. The van der Waals surface area contributed by atoms with Crippen LogP contribution in [-0.2, 0) is 14.3 Å².